The number of halogens is 1. The molecule has 0 fully saturated rings. The Bertz CT molecular complexity index is 418. The highest BCUT2D eigenvalue weighted by molar-refractivity contribution is 6.33. The van der Waals surface area contributed by atoms with Crippen LogP contribution in [-0.2, 0) is 13.5 Å². The second-order valence-electron chi connectivity index (χ2n) is 4.42. The zero-order chi connectivity index (χ0) is 13.7. The van der Waals surface area contributed by atoms with E-state index in [1.54, 1.807) is 7.05 Å². The Hall–Kier alpha value is -1.07. The monoisotopic (exact) mass is 273 g/mol. The third-order valence-corrected chi connectivity index (χ3v) is 3.28. The molecule has 1 rings (SSSR count). The van der Waals surface area contributed by atoms with E-state index in [4.69, 9.17) is 16.7 Å². The van der Waals surface area contributed by atoms with Crippen molar-refractivity contribution in [1.82, 2.24) is 15.1 Å². The van der Waals surface area contributed by atoms with Crippen molar-refractivity contribution in [2.45, 2.75) is 26.7 Å². The van der Waals surface area contributed by atoms with Crippen LogP contribution in [-0.4, -0.2) is 33.9 Å². The van der Waals surface area contributed by atoms with Crippen molar-refractivity contribution >= 4 is 17.5 Å². The molecule has 0 saturated heterocycles. The van der Waals surface area contributed by atoms with Crippen LogP contribution in [0.5, 0.6) is 0 Å². The lowest BCUT2D eigenvalue weighted by molar-refractivity contribution is 0.0944. The van der Waals surface area contributed by atoms with E-state index in [0.29, 0.717) is 35.8 Å². The van der Waals surface area contributed by atoms with Gasteiger partial charge in [0.05, 0.1) is 11.3 Å². The lowest BCUT2D eigenvalue weighted by Gasteiger charge is -2.11. The maximum Gasteiger partial charge on any atom is 0.256 e. The molecule has 1 atom stereocenters. The summed E-state index contributed by atoms with van der Waals surface area (Å²) in [4.78, 5) is 12.1. The number of hydrogen-bond acceptors (Lipinski definition) is 3. The molecule has 0 saturated carbocycles. The Labute approximate surface area is 112 Å². The number of nitrogens with one attached hydrogen (secondary N) is 1. The van der Waals surface area contributed by atoms with Crippen LogP contribution in [0.1, 0.15) is 36.3 Å². The summed E-state index contributed by atoms with van der Waals surface area (Å²) in [6, 6.07) is 0. The number of carbonyl (C=O) groups excluding carboxylic acids is 1. The Balaban J connectivity index is 2.72. The van der Waals surface area contributed by atoms with E-state index in [9.17, 15) is 4.79 Å². The molecule has 6 heteroatoms. The molecule has 0 aromatic carbocycles. The molecule has 1 unspecified atom stereocenters. The molecule has 0 aliphatic rings. The molecule has 1 aromatic heterocycles. The standard InChI is InChI=1S/C12H20ClN3O2/c1-4-9-10(11(13)16(3)15-9)12(18)14-7-8(2)5-6-17/h8,17H,4-7H2,1-3H3,(H,14,18). The molecular formula is C12H20ClN3O2. The predicted molar refractivity (Wildman–Crippen MR) is 70.8 cm³/mol. The quantitative estimate of drug-likeness (QED) is 0.823. The van der Waals surface area contributed by atoms with Gasteiger partial charge in [-0.1, -0.05) is 25.4 Å². The minimum atomic E-state index is -0.199. The molecule has 0 spiro atoms. The van der Waals surface area contributed by atoms with Gasteiger partial charge in [0.2, 0.25) is 0 Å². The van der Waals surface area contributed by atoms with Gasteiger partial charge in [-0.25, -0.2) is 0 Å². The summed E-state index contributed by atoms with van der Waals surface area (Å²) in [5.41, 5.74) is 1.16. The molecule has 102 valence electrons. The third kappa shape index (κ3) is 3.46. The van der Waals surface area contributed by atoms with Gasteiger partial charge in [-0.3, -0.25) is 9.48 Å². The molecule has 0 aliphatic carbocycles. The average molecular weight is 274 g/mol. The summed E-state index contributed by atoms with van der Waals surface area (Å²) < 4.78 is 1.51. The first-order valence-corrected chi connectivity index (χ1v) is 6.49. The first kappa shape index (κ1) is 15.0. The van der Waals surface area contributed by atoms with Gasteiger partial charge in [-0.05, 0) is 18.8 Å². The third-order valence-electron chi connectivity index (χ3n) is 2.84. The van der Waals surface area contributed by atoms with Crippen LogP contribution in [0, 0.1) is 5.92 Å². The summed E-state index contributed by atoms with van der Waals surface area (Å²) in [6.07, 6.45) is 1.33. The van der Waals surface area contributed by atoms with Gasteiger partial charge >= 0.3 is 0 Å². The average Bonchev–Trinajstić information content (AvgIpc) is 2.63. The van der Waals surface area contributed by atoms with Crippen molar-refractivity contribution in [3.8, 4) is 0 Å². The van der Waals surface area contributed by atoms with Crippen molar-refractivity contribution in [2.24, 2.45) is 13.0 Å². The number of aliphatic hydroxyl groups is 1. The van der Waals surface area contributed by atoms with Gasteiger partial charge in [-0.2, -0.15) is 5.10 Å². The highest BCUT2D eigenvalue weighted by Crippen LogP contribution is 2.19. The zero-order valence-corrected chi connectivity index (χ0v) is 11.8. The highest BCUT2D eigenvalue weighted by atomic mass is 35.5. The van der Waals surface area contributed by atoms with E-state index in [1.165, 1.54) is 4.68 Å². The molecule has 5 nitrogen and oxygen atoms in total. The molecule has 1 aromatic rings. The molecule has 0 aliphatic heterocycles. The van der Waals surface area contributed by atoms with E-state index in [2.05, 4.69) is 10.4 Å². The first-order chi connectivity index (χ1) is 8.51. The Kier molecular flexibility index (Phi) is 5.62. The summed E-state index contributed by atoms with van der Waals surface area (Å²) >= 11 is 6.06. The minimum Gasteiger partial charge on any atom is -0.396 e. The number of nitrogens with zero attached hydrogens (tertiary/aromatic N) is 2. The number of rotatable bonds is 6. The SMILES string of the molecule is CCc1nn(C)c(Cl)c1C(=O)NCC(C)CCO. The number of carbonyl (C=O) groups is 1. The van der Waals surface area contributed by atoms with E-state index in [-0.39, 0.29) is 18.4 Å². The number of aryl methyl sites for hydroxylation is 2. The summed E-state index contributed by atoms with van der Waals surface area (Å²) in [5, 5.41) is 16.2. The van der Waals surface area contributed by atoms with Gasteiger partial charge in [0.25, 0.3) is 5.91 Å². The molecule has 0 bridgehead atoms. The van der Waals surface area contributed by atoms with Crippen LogP contribution >= 0.6 is 11.6 Å². The normalized spacial score (nSPS) is 12.5. The second-order valence-corrected chi connectivity index (χ2v) is 4.78. The molecule has 0 radical (unpaired) electrons. The van der Waals surface area contributed by atoms with Gasteiger partial charge in [0, 0.05) is 20.2 Å². The molecular weight excluding hydrogens is 254 g/mol. The molecule has 1 amide bonds. The van der Waals surface area contributed by atoms with Crippen LogP contribution in [0.3, 0.4) is 0 Å². The van der Waals surface area contributed by atoms with E-state index in [1.807, 2.05) is 13.8 Å². The fraction of sp³-hybridized carbons (Fsp3) is 0.667. The Morgan fingerprint density at radius 2 is 2.28 bits per heavy atom. The molecule has 1 heterocycles. The lowest BCUT2D eigenvalue weighted by atomic mass is 10.1. The Morgan fingerprint density at radius 3 is 2.83 bits per heavy atom. The van der Waals surface area contributed by atoms with Crippen molar-refractivity contribution in [3.05, 3.63) is 16.4 Å². The van der Waals surface area contributed by atoms with Crippen molar-refractivity contribution in [2.75, 3.05) is 13.2 Å². The number of hydrogen-bond donors (Lipinski definition) is 2. The number of amides is 1. The number of aromatic nitrogens is 2. The molecule has 18 heavy (non-hydrogen) atoms. The van der Waals surface area contributed by atoms with E-state index >= 15 is 0 Å². The largest absolute Gasteiger partial charge is 0.396 e. The zero-order valence-electron chi connectivity index (χ0n) is 11.0. The van der Waals surface area contributed by atoms with Crippen LogP contribution in [0.2, 0.25) is 5.15 Å². The highest BCUT2D eigenvalue weighted by Gasteiger charge is 2.20. The molecule has 2 N–H and O–H groups in total. The van der Waals surface area contributed by atoms with Gasteiger partial charge in [0.15, 0.2) is 0 Å². The fourth-order valence-electron chi connectivity index (χ4n) is 1.71. The van der Waals surface area contributed by atoms with Crippen molar-refractivity contribution in [3.63, 3.8) is 0 Å². The van der Waals surface area contributed by atoms with E-state index < -0.39 is 0 Å². The van der Waals surface area contributed by atoms with Crippen molar-refractivity contribution < 1.29 is 9.90 Å². The number of aliphatic hydroxyl groups excluding tert-OH is 1. The van der Waals surface area contributed by atoms with E-state index in [0.717, 1.165) is 0 Å². The minimum absolute atomic E-state index is 0.130. The van der Waals surface area contributed by atoms with Gasteiger partial charge in [0.1, 0.15) is 5.15 Å². The first-order valence-electron chi connectivity index (χ1n) is 6.11. The topological polar surface area (TPSA) is 67.2 Å². The lowest BCUT2D eigenvalue weighted by Crippen LogP contribution is -2.29. The van der Waals surface area contributed by atoms with Crippen LogP contribution in [0.15, 0.2) is 0 Å². The predicted octanol–water partition coefficient (Wildman–Crippen LogP) is 1.38. The van der Waals surface area contributed by atoms with Crippen LogP contribution < -0.4 is 5.32 Å². The summed E-state index contributed by atoms with van der Waals surface area (Å²) in [5.74, 6) is 0.0363. The fourth-order valence-corrected chi connectivity index (χ4v) is 1.94. The van der Waals surface area contributed by atoms with Gasteiger partial charge < -0.3 is 10.4 Å². The Morgan fingerprint density at radius 1 is 1.61 bits per heavy atom. The van der Waals surface area contributed by atoms with Crippen LogP contribution in [0.25, 0.3) is 0 Å². The van der Waals surface area contributed by atoms with Crippen LogP contribution in [0.4, 0.5) is 0 Å². The maximum absolute atomic E-state index is 12.1. The second kappa shape index (κ2) is 6.75. The van der Waals surface area contributed by atoms with Crippen molar-refractivity contribution in [1.29, 1.82) is 0 Å². The van der Waals surface area contributed by atoms with Gasteiger partial charge in [-0.15, -0.1) is 0 Å². The maximum atomic E-state index is 12.1. The summed E-state index contributed by atoms with van der Waals surface area (Å²) in [7, 11) is 1.71. The summed E-state index contributed by atoms with van der Waals surface area (Å²) in [6.45, 7) is 4.56. The smallest absolute Gasteiger partial charge is 0.256 e.